The smallest absolute Gasteiger partial charge is 0.137 e. The molecular weight excluding hydrogens is 278 g/mol. The molecule has 3 nitrogen and oxygen atoms in total. The van der Waals surface area contributed by atoms with Crippen LogP contribution in [0.3, 0.4) is 0 Å². The molecule has 0 aliphatic rings. The normalized spacial score (nSPS) is 13.4. The molecule has 1 aromatic heterocycles. The van der Waals surface area contributed by atoms with Gasteiger partial charge in [0.05, 0.1) is 0 Å². The molecule has 1 aromatic rings. The molecule has 19 heavy (non-hydrogen) atoms. The Morgan fingerprint density at radius 2 is 1.95 bits per heavy atom. The summed E-state index contributed by atoms with van der Waals surface area (Å²) in [5.74, 6) is 3.37. The minimum Gasteiger partial charge on any atom is -0.369 e. The lowest BCUT2D eigenvalue weighted by Crippen LogP contribution is -2.20. The highest BCUT2D eigenvalue weighted by Crippen LogP contribution is 2.26. The molecule has 108 valence electrons. The van der Waals surface area contributed by atoms with Crippen LogP contribution in [-0.4, -0.2) is 28.5 Å². The van der Waals surface area contributed by atoms with Gasteiger partial charge in [-0.3, -0.25) is 0 Å². The zero-order valence-electron chi connectivity index (χ0n) is 12.7. The van der Waals surface area contributed by atoms with Crippen LogP contribution in [0, 0.1) is 12.8 Å². The predicted octanol–water partition coefficient (Wildman–Crippen LogP) is 4.15. The lowest BCUT2D eigenvalue weighted by atomic mass is 9.95. The van der Waals surface area contributed by atoms with Gasteiger partial charge < -0.3 is 5.32 Å². The Labute approximate surface area is 125 Å². The maximum Gasteiger partial charge on any atom is 0.137 e. The molecule has 1 rings (SSSR count). The molecule has 5 heteroatoms. The predicted molar refractivity (Wildman–Crippen MR) is 86.5 cm³/mol. The highest BCUT2D eigenvalue weighted by Gasteiger charge is 2.20. The van der Waals surface area contributed by atoms with Gasteiger partial charge in [-0.05, 0) is 24.9 Å². The Bertz CT molecular complexity index is 429. The van der Waals surface area contributed by atoms with Crippen LogP contribution in [0.2, 0.25) is 5.15 Å². The number of hydrogen-bond donors (Lipinski definition) is 1. The van der Waals surface area contributed by atoms with E-state index in [9.17, 15) is 0 Å². The van der Waals surface area contributed by atoms with Crippen molar-refractivity contribution in [2.45, 2.75) is 40.0 Å². The maximum atomic E-state index is 6.21. The number of thioether (sulfide) groups is 1. The van der Waals surface area contributed by atoms with Crippen molar-refractivity contribution in [2.24, 2.45) is 5.92 Å². The average molecular weight is 302 g/mol. The van der Waals surface area contributed by atoms with Crippen molar-refractivity contribution in [1.29, 1.82) is 0 Å². The van der Waals surface area contributed by atoms with Gasteiger partial charge in [0.15, 0.2) is 0 Å². The van der Waals surface area contributed by atoms with Crippen molar-refractivity contribution in [3.8, 4) is 0 Å². The first-order valence-corrected chi connectivity index (χ1v) is 8.30. The maximum absolute atomic E-state index is 6.21. The van der Waals surface area contributed by atoms with Crippen molar-refractivity contribution in [1.82, 2.24) is 9.97 Å². The number of hydrogen-bond acceptors (Lipinski definition) is 4. The number of anilines is 1. The summed E-state index contributed by atoms with van der Waals surface area (Å²) in [4.78, 5) is 9.00. The van der Waals surface area contributed by atoms with E-state index in [0.717, 1.165) is 29.5 Å². The zero-order chi connectivity index (χ0) is 14.6. The fourth-order valence-electron chi connectivity index (χ4n) is 1.61. The van der Waals surface area contributed by atoms with Crippen LogP contribution in [0.5, 0.6) is 0 Å². The highest BCUT2D eigenvalue weighted by atomic mass is 35.5. The zero-order valence-corrected chi connectivity index (χ0v) is 14.2. The quantitative estimate of drug-likeness (QED) is 0.829. The molecule has 0 aliphatic heterocycles. The molecule has 0 amide bonds. The second-order valence-corrected chi connectivity index (χ2v) is 7.27. The number of aromatic nitrogens is 2. The van der Waals surface area contributed by atoms with Gasteiger partial charge in [-0.2, -0.15) is 11.8 Å². The third kappa shape index (κ3) is 4.84. The molecule has 0 radical (unpaired) electrons. The molecule has 1 N–H and O–H groups in total. The molecular formula is C14H24ClN3S. The van der Waals surface area contributed by atoms with Crippen molar-refractivity contribution in [3.05, 3.63) is 16.5 Å². The molecule has 1 heterocycles. The molecule has 1 unspecified atom stereocenters. The van der Waals surface area contributed by atoms with Gasteiger partial charge in [0.25, 0.3) is 0 Å². The summed E-state index contributed by atoms with van der Waals surface area (Å²) in [7, 11) is 0. The fourth-order valence-corrected chi connectivity index (χ4v) is 2.47. The second kappa shape index (κ2) is 6.80. The summed E-state index contributed by atoms with van der Waals surface area (Å²) in [6.45, 7) is 11.4. The van der Waals surface area contributed by atoms with Crippen LogP contribution in [0.25, 0.3) is 0 Å². The molecule has 0 bridgehead atoms. The van der Waals surface area contributed by atoms with Gasteiger partial charge in [-0.25, -0.2) is 9.97 Å². The Balaban J connectivity index is 2.91. The van der Waals surface area contributed by atoms with E-state index < -0.39 is 0 Å². The Morgan fingerprint density at radius 1 is 1.32 bits per heavy atom. The summed E-state index contributed by atoms with van der Waals surface area (Å²) < 4.78 is 0. The van der Waals surface area contributed by atoms with Gasteiger partial charge in [-0.15, -0.1) is 0 Å². The average Bonchev–Trinajstić information content (AvgIpc) is 2.30. The number of nitrogens with one attached hydrogen (secondary N) is 1. The van der Waals surface area contributed by atoms with Gasteiger partial charge >= 0.3 is 0 Å². The minimum atomic E-state index is -0.0986. The topological polar surface area (TPSA) is 37.8 Å². The first-order valence-electron chi connectivity index (χ1n) is 6.53. The standard InChI is InChI=1S/C14H24ClN3S/c1-9(8-19-6)7-16-12-10(2)11(15)17-13(18-12)14(3,4)5/h9H,7-8H2,1-6H3,(H,16,17,18). The van der Waals surface area contributed by atoms with Crippen LogP contribution < -0.4 is 5.32 Å². The molecule has 0 saturated heterocycles. The Morgan fingerprint density at radius 3 is 2.47 bits per heavy atom. The molecule has 0 fully saturated rings. The summed E-state index contributed by atoms with van der Waals surface area (Å²) in [6.07, 6.45) is 2.13. The summed E-state index contributed by atoms with van der Waals surface area (Å²) in [6, 6.07) is 0. The van der Waals surface area contributed by atoms with E-state index in [0.29, 0.717) is 11.1 Å². The van der Waals surface area contributed by atoms with Crippen molar-refractivity contribution < 1.29 is 0 Å². The minimum absolute atomic E-state index is 0.0986. The lowest BCUT2D eigenvalue weighted by Gasteiger charge is -2.20. The van der Waals surface area contributed by atoms with E-state index in [1.807, 2.05) is 18.7 Å². The van der Waals surface area contributed by atoms with E-state index in [1.54, 1.807) is 0 Å². The van der Waals surface area contributed by atoms with Crippen LogP contribution in [0.15, 0.2) is 0 Å². The number of rotatable bonds is 5. The lowest BCUT2D eigenvalue weighted by molar-refractivity contribution is 0.545. The van der Waals surface area contributed by atoms with Gasteiger partial charge in [-0.1, -0.05) is 39.3 Å². The summed E-state index contributed by atoms with van der Waals surface area (Å²) in [5.41, 5.74) is 0.824. The fraction of sp³-hybridized carbons (Fsp3) is 0.714. The number of nitrogens with zero attached hydrogens (tertiary/aromatic N) is 2. The molecule has 0 spiro atoms. The first-order chi connectivity index (χ1) is 8.75. The SMILES string of the molecule is CSCC(C)CNc1nc(C(C)(C)C)nc(Cl)c1C. The summed E-state index contributed by atoms with van der Waals surface area (Å²) >= 11 is 8.07. The van der Waals surface area contributed by atoms with E-state index in [1.165, 1.54) is 0 Å². The van der Waals surface area contributed by atoms with Crippen LogP contribution in [-0.2, 0) is 5.41 Å². The highest BCUT2D eigenvalue weighted by molar-refractivity contribution is 7.98. The van der Waals surface area contributed by atoms with Gasteiger partial charge in [0.1, 0.15) is 16.8 Å². The molecule has 0 aliphatic carbocycles. The molecule has 1 atom stereocenters. The largest absolute Gasteiger partial charge is 0.369 e. The van der Waals surface area contributed by atoms with E-state index >= 15 is 0 Å². The van der Waals surface area contributed by atoms with Gasteiger partial charge in [0.2, 0.25) is 0 Å². The van der Waals surface area contributed by atoms with E-state index in [2.05, 4.69) is 49.2 Å². The Kier molecular flexibility index (Phi) is 5.93. The van der Waals surface area contributed by atoms with Crippen molar-refractivity contribution >= 4 is 29.2 Å². The van der Waals surface area contributed by atoms with Crippen LogP contribution in [0.4, 0.5) is 5.82 Å². The first kappa shape index (κ1) is 16.6. The monoisotopic (exact) mass is 301 g/mol. The second-order valence-electron chi connectivity index (χ2n) is 6.00. The van der Waals surface area contributed by atoms with Crippen molar-refractivity contribution in [3.63, 3.8) is 0 Å². The van der Waals surface area contributed by atoms with Gasteiger partial charge in [0, 0.05) is 17.5 Å². The van der Waals surface area contributed by atoms with Crippen molar-refractivity contribution in [2.75, 3.05) is 23.9 Å². The van der Waals surface area contributed by atoms with Crippen LogP contribution >= 0.6 is 23.4 Å². The molecule has 0 aromatic carbocycles. The number of halogens is 1. The molecule has 0 saturated carbocycles. The van der Waals surface area contributed by atoms with E-state index in [-0.39, 0.29) is 5.41 Å². The summed E-state index contributed by atoms with van der Waals surface area (Å²) in [5, 5.41) is 3.94. The third-order valence-electron chi connectivity index (χ3n) is 2.83. The Hall–Kier alpha value is -0.480. The third-order valence-corrected chi connectivity index (χ3v) is 4.10. The van der Waals surface area contributed by atoms with Crippen LogP contribution in [0.1, 0.15) is 39.1 Å². The van der Waals surface area contributed by atoms with E-state index in [4.69, 9.17) is 11.6 Å².